The minimum atomic E-state index is -0.514. The van der Waals surface area contributed by atoms with Gasteiger partial charge in [0, 0.05) is 0 Å². The van der Waals surface area contributed by atoms with Gasteiger partial charge in [0.15, 0.2) is 0 Å². The second kappa shape index (κ2) is 4.12. The van der Waals surface area contributed by atoms with Crippen LogP contribution in [0, 0.1) is 22.7 Å². The summed E-state index contributed by atoms with van der Waals surface area (Å²) in [4.78, 5) is 0. The van der Waals surface area contributed by atoms with Crippen LogP contribution < -0.4 is 0 Å². The molecule has 0 bridgehead atoms. The minimum Gasteiger partial charge on any atom is -0.390 e. The third-order valence-corrected chi connectivity index (χ3v) is 5.84. The van der Waals surface area contributed by atoms with E-state index in [2.05, 4.69) is 41.2 Å². The SMILES string of the molecule is C=C(C)C(C)(C)C(C)(C)C1CC(C(C)(C)O)C1. The van der Waals surface area contributed by atoms with E-state index in [4.69, 9.17) is 0 Å². The molecule has 0 aromatic heterocycles. The average molecular weight is 238 g/mol. The first-order valence-electron chi connectivity index (χ1n) is 6.79. The zero-order valence-corrected chi connectivity index (χ0v) is 12.7. The number of aliphatic hydroxyl groups is 1. The molecule has 0 amide bonds. The van der Waals surface area contributed by atoms with Crippen LogP contribution in [0.25, 0.3) is 0 Å². The van der Waals surface area contributed by atoms with Gasteiger partial charge in [0.2, 0.25) is 0 Å². The third kappa shape index (κ3) is 2.45. The molecule has 0 radical (unpaired) electrons. The van der Waals surface area contributed by atoms with Gasteiger partial charge in [-0.15, -0.1) is 0 Å². The van der Waals surface area contributed by atoms with Crippen molar-refractivity contribution in [2.24, 2.45) is 22.7 Å². The molecule has 17 heavy (non-hydrogen) atoms. The summed E-state index contributed by atoms with van der Waals surface area (Å²) in [5.74, 6) is 1.17. The summed E-state index contributed by atoms with van der Waals surface area (Å²) in [6.45, 7) is 19.5. The predicted molar refractivity (Wildman–Crippen MR) is 74.9 cm³/mol. The molecule has 100 valence electrons. The Bertz CT molecular complexity index is 298. The lowest BCUT2D eigenvalue weighted by molar-refractivity contribution is -0.0937. The zero-order chi connectivity index (χ0) is 13.6. The molecule has 1 aliphatic rings. The van der Waals surface area contributed by atoms with Crippen molar-refractivity contribution in [3.63, 3.8) is 0 Å². The molecule has 0 spiro atoms. The molecule has 1 rings (SSSR count). The standard InChI is InChI=1S/C16H30O/c1-11(2)14(3,4)15(5,6)12-9-13(10-12)16(7,8)17/h12-13,17H,1,9-10H2,2-8H3. The van der Waals surface area contributed by atoms with Crippen molar-refractivity contribution in [3.8, 4) is 0 Å². The first kappa shape index (κ1) is 14.8. The molecule has 1 saturated carbocycles. The first-order chi connectivity index (χ1) is 7.40. The maximum absolute atomic E-state index is 10.0. The number of allylic oxidation sites excluding steroid dienone is 1. The third-order valence-electron chi connectivity index (χ3n) is 5.84. The van der Waals surface area contributed by atoms with E-state index in [-0.39, 0.29) is 10.8 Å². The van der Waals surface area contributed by atoms with Crippen LogP contribution >= 0.6 is 0 Å². The van der Waals surface area contributed by atoms with Crippen molar-refractivity contribution in [2.45, 2.75) is 66.9 Å². The highest BCUT2D eigenvalue weighted by atomic mass is 16.3. The van der Waals surface area contributed by atoms with Crippen LogP contribution in [0.2, 0.25) is 0 Å². The summed E-state index contributed by atoms with van der Waals surface area (Å²) < 4.78 is 0. The maximum atomic E-state index is 10.0. The molecular weight excluding hydrogens is 208 g/mol. The molecule has 0 unspecified atom stereocenters. The first-order valence-corrected chi connectivity index (χ1v) is 6.79. The minimum absolute atomic E-state index is 0.155. The highest BCUT2D eigenvalue weighted by molar-refractivity contribution is 5.13. The van der Waals surface area contributed by atoms with E-state index in [1.54, 1.807) is 0 Å². The number of hydrogen-bond donors (Lipinski definition) is 1. The fourth-order valence-electron chi connectivity index (χ4n) is 2.84. The van der Waals surface area contributed by atoms with Gasteiger partial charge in [-0.2, -0.15) is 0 Å². The van der Waals surface area contributed by atoms with E-state index < -0.39 is 5.60 Å². The van der Waals surface area contributed by atoms with E-state index in [1.807, 2.05) is 13.8 Å². The molecule has 0 heterocycles. The van der Waals surface area contributed by atoms with Crippen molar-refractivity contribution >= 4 is 0 Å². The lowest BCUT2D eigenvalue weighted by Gasteiger charge is -2.55. The van der Waals surface area contributed by atoms with E-state index in [0.29, 0.717) is 11.8 Å². The maximum Gasteiger partial charge on any atom is 0.0620 e. The van der Waals surface area contributed by atoms with E-state index in [0.717, 1.165) is 12.8 Å². The molecule has 1 heteroatoms. The van der Waals surface area contributed by atoms with Gasteiger partial charge in [-0.3, -0.25) is 0 Å². The van der Waals surface area contributed by atoms with Gasteiger partial charge in [-0.25, -0.2) is 0 Å². The van der Waals surface area contributed by atoms with Gasteiger partial charge < -0.3 is 5.11 Å². The summed E-state index contributed by atoms with van der Waals surface area (Å²) in [5, 5.41) is 10.0. The van der Waals surface area contributed by atoms with E-state index >= 15 is 0 Å². The largest absolute Gasteiger partial charge is 0.390 e. The highest BCUT2D eigenvalue weighted by Gasteiger charge is 2.51. The Balaban J connectivity index is 2.74. The normalized spacial score (nSPS) is 26.6. The summed E-state index contributed by atoms with van der Waals surface area (Å²) in [5.41, 5.74) is 1.15. The smallest absolute Gasteiger partial charge is 0.0620 e. The van der Waals surface area contributed by atoms with Crippen molar-refractivity contribution in [2.75, 3.05) is 0 Å². The summed E-state index contributed by atoms with van der Waals surface area (Å²) in [6, 6.07) is 0. The lowest BCUT2D eigenvalue weighted by Crippen LogP contribution is -2.50. The predicted octanol–water partition coefficient (Wildman–Crippen LogP) is 4.41. The monoisotopic (exact) mass is 238 g/mol. The number of hydrogen-bond acceptors (Lipinski definition) is 1. The van der Waals surface area contributed by atoms with Crippen LogP contribution in [0.3, 0.4) is 0 Å². The van der Waals surface area contributed by atoms with Crippen LogP contribution in [-0.2, 0) is 0 Å². The lowest BCUT2D eigenvalue weighted by atomic mass is 9.50. The Labute approximate surface area is 107 Å². The molecule has 0 aromatic rings. The molecule has 0 aliphatic heterocycles. The van der Waals surface area contributed by atoms with Gasteiger partial charge in [-0.05, 0) is 56.3 Å². The Morgan fingerprint density at radius 1 is 1.00 bits per heavy atom. The van der Waals surface area contributed by atoms with Crippen molar-refractivity contribution in [1.82, 2.24) is 0 Å². The van der Waals surface area contributed by atoms with Gasteiger partial charge >= 0.3 is 0 Å². The van der Waals surface area contributed by atoms with E-state index in [1.165, 1.54) is 5.57 Å². The Morgan fingerprint density at radius 3 is 1.71 bits per heavy atom. The quantitative estimate of drug-likeness (QED) is 0.719. The molecule has 1 fully saturated rings. The van der Waals surface area contributed by atoms with Gasteiger partial charge in [0.1, 0.15) is 0 Å². The summed E-state index contributed by atoms with van der Waals surface area (Å²) >= 11 is 0. The van der Waals surface area contributed by atoms with Crippen LogP contribution in [0.4, 0.5) is 0 Å². The highest BCUT2D eigenvalue weighted by Crippen LogP contribution is 2.57. The summed E-state index contributed by atoms with van der Waals surface area (Å²) in [6.07, 6.45) is 2.29. The molecule has 0 aromatic carbocycles. The molecule has 1 nitrogen and oxygen atoms in total. The van der Waals surface area contributed by atoms with Crippen LogP contribution in [0.15, 0.2) is 12.2 Å². The second-order valence-electron chi connectivity index (χ2n) is 7.65. The van der Waals surface area contributed by atoms with Crippen molar-refractivity contribution < 1.29 is 5.11 Å². The van der Waals surface area contributed by atoms with Crippen LogP contribution in [0.5, 0.6) is 0 Å². The molecule has 1 aliphatic carbocycles. The Hall–Kier alpha value is -0.300. The van der Waals surface area contributed by atoms with Gasteiger partial charge in [0.25, 0.3) is 0 Å². The topological polar surface area (TPSA) is 20.2 Å². The Kier molecular flexibility index (Phi) is 3.58. The molecule has 1 N–H and O–H groups in total. The molecule has 0 atom stereocenters. The van der Waals surface area contributed by atoms with E-state index in [9.17, 15) is 5.11 Å². The second-order valence-corrected chi connectivity index (χ2v) is 7.65. The van der Waals surface area contributed by atoms with Gasteiger partial charge in [0.05, 0.1) is 5.60 Å². The Morgan fingerprint density at radius 2 is 1.41 bits per heavy atom. The fraction of sp³-hybridized carbons (Fsp3) is 0.875. The number of rotatable bonds is 4. The van der Waals surface area contributed by atoms with Crippen molar-refractivity contribution in [3.05, 3.63) is 12.2 Å². The van der Waals surface area contributed by atoms with Crippen molar-refractivity contribution in [1.29, 1.82) is 0 Å². The fourth-order valence-corrected chi connectivity index (χ4v) is 2.84. The summed E-state index contributed by atoms with van der Waals surface area (Å²) in [7, 11) is 0. The molecule has 0 saturated heterocycles. The van der Waals surface area contributed by atoms with Crippen LogP contribution in [-0.4, -0.2) is 10.7 Å². The average Bonchev–Trinajstić information content (AvgIpc) is 1.96. The van der Waals surface area contributed by atoms with Crippen LogP contribution in [0.1, 0.15) is 61.3 Å². The van der Waals surface area contributed by atoms with Gasteiger partial charge in [-0.1, -0.05) is 39.8 Å². The molecular formula is C16H30O. The zero-order valence-electron chi connectivity index (χ0n) is 12.7.